The number of nitrogens with zero attached hydrogens (tertiary/aromatic N) is 1. The van der Waals surface area contributed by atoms with E-state index in [1.165, 1.54) is 17.0 Å². The topological polar surface area (TPSA) is 101 Å². The minimum absolute atomic E-state index is 0.180. The molecule has 18 heavy (non-hydrogen) atoms. The van der Waals surface area contributed by atoms with Gasteiger partial charge in [0.25, 0.3) is 5.91 Å². The van der Waals surface area contributed by atoms with E-state index in [2.05, 4.69) is 5.32 Å². The smallest absolute Gasteiger partial charge is 0.252 e. The molecular weight excluding hydrogens is 232 g/mol. The summed E-state index contributed by atoms with van der Waals surface area (Å²) in [7, 11) is 3.26. The Morgan fingerprint density at radius 3 is 2.11 bits per heavy atom. The van der Waals surface area contributed by atoms with Crippen molar-refractivity contribution in [2.75, 3.05) is 25.6 Å². The molecule has 1 atom stereocenters. The molecule has 1 rings (SSSR count). The predicted molar refractivity (Wildman–Crippen MR) is 70.9 cm³/mol. The van der Waals surface area contributed by atoms with Crippen LogP contribution >= 0.6 is 0 Å². The molecule has 0 bridgehead atoms. The molecule has 1 aromatic rings. The lowest BCUT2D eigenvalue weighted by Gasteiger charge is -2.18. The fraction of sp³-hybridized carbons (Fsp3) is 0.333. The maximum Gasteiger partial charge on any atom is 0.252 e. The monoisotopic (exact) mass is 250 g/mol. The fourth-order valence-electron chi connectivity index (χ4n) is 1.54. The van der Waals surface area contributed by atoms with Crippen molar-refractivity contribution in [3.05, 3.63) is 23.8 Å². The summed E-state index contributed by atoms with van der Waals surface area (Å²) in [6.07, 6.45) is 0. The van der Waals surface area contributed by atoms with Gasteiger partial charge in [0.2, 0.25) is 5.91 Å². The van der Waals surface area contributed by atoms with E-state index in [1.807, 2.05) is 0 Å². The van der Waals surface area contributed by atoms with Gasteiger partial charge in [0.15, 0.2) is 0 Å². The zero-order valence-corrected chi connectivity index (χ0v) is 10.7. The molecule has 0 fully saturated rings. The third kappa shape index (κ3) is 3.38. The third-order valence-corrected chi connectivity index (χ3v) is 2.40. The van der Waals surface area contributed by atoms with Crippen molar-refractivity contribution in [2.24, 2.45) is 0 Å². The quantitative estimate of drug-likeness (QED) is 0.660. The largest absolute Gasteiger partial charge is 0.399 e. The Kier molecular flexibility index (Phi) is 4.14. The molecule has 0 heterocycles. The number of hydrogen-bond donors (Lipinski definition) is 3. The molecule has 0 saturated carbocycles. The maximum absolute atomic E-state index is 11.9. The van der Waals surface area contributed by atoms with Crippen LogP contribution in [-0.4, -0.2) is 36.9 Å². The van der Waals surface area contributed by atoms with Crippen LogP contribution in [0.25, 0.3) is 0 Å². The third-order valence-electron chi connectivity index (χ3n) is 2.40. The van der Waals surface area contributed by atoms with Gasteiger partial charge in [0.1, 0.15) is 6.04 Å². The van der Waals surface area contributed by atoms with Gasteiger partial charge in [-0.05, 0) is 25.1 Å². The van der Waals surface area contributed by atoms with Crippen LogP contribution in [0.2, 0.25) is 0 Å². The van der Waals surface area contributed by atoms with Crippen molar-refractivity contribution in [2.45, 2.75) is 13.0 Å². The van der Waals surface area contributed by atoms with Gasteiger partial charge >= 0.3 is 0 Å². The van der Waals surface area contributed by atoms with Crippen molar-refractivity contribution in [1.82, 2.24) is 10.2 Å². The van der Waals surface area contributed by atoms with Crippen molar-refractivity contribution in [1.29, 1.82) is 0 Å². The summed E-state index contributed by atoms with van der Waals surface area (Å²) < 4.78 is 0. The Labute approximate surface area is 106 Å². The Morgan fingerprint density at radius 1 is 1.17 bits per heavy atom. The van der Waals surface area contributed by atoms with Crippen LogP contribution in [0.4, 0.5) is 11.4 Å². The van der Waals surface area contributed by atoms with Gasteiger partial charge in [-0.3, -0.25) is 9.59 Å². The van der Waals surface area contributed by atoms with E-state index in [4.69, 9.17) is 11.5 Å². The number of nitrogens with two attached hydrogens (primary N) is 2. The molecule has 0 spiro atoms. The van der Waals surface area contributed by atoms with E-state index in [0.717, 1.165) is 0 Å². The zero-order valence-electron chi connectivity index (χ0n) is 10.7. The van der Waals surface area contributed by atoms with Crippen molar-refractivity contribution >= 4 is 23.2 Å². The number of nitrogen functional groups attached to an aromatic ring is 2. The van der Waals surface area contributed by atoms with Gasteiger partial charge in [-0.25, -0.2) is 0 Å². The molecular formula is C12H18N4O2. The second-order valence-electron chi connectivity index (χ2n) is 4.32. The van der Waals surface area contributed by atoms with Crippen LogP contribution in [0.1, 0.15) is 17.3 Å². The molecule has 0 aliphatic carbocycles. The van der Waals surface area contributed by atoms with Gasteiger partial charge < -0.3 is 21.7 Å². The van der Waals surface area contributed by atoms with E-state index in [9.17, 15) is 9.59 Å². The number of nitrogens with one attached hydrogen (secondary N) is 1. The van der Waals surface area contributed by atoms with E-state index < -0.39 is 6.04 Å². The Bertz CT molecular complexity index is 451. The maximum atomic E-state index is 11.9. The number of hydrogen-bond acceptors (Lipinski definition) is 4. The van der Waals surface area contributed by atoms with Gasteiger partial charge in [-0.15, -0.1) is 0 Å². The molecule has 5 N–H and O–H groups in total. The van der Waals surface area contributed by atoms with E-state index in [0.29, 0.717) is 16.9 Å². The second kappa shape index (κ2) is 5.39. The Morgan fingerprint density at radius 2 is 1.67 bits per heavy atom. The van der Waals surface area contributed by atoms with Crippen LogP contribution in [-0.2, 0) is 4.79 Å². The van der Waals surface area contributed by atoms with Crippen molar-refractivity contribution in [3.8, 4) is 0 Å². The van der Waals surface area contributed by atoms with E-state index >= 15 is 0 Å². The SMILES string of the molecule is CC(NC(=O)c1cc(N)cc(N)c1)C(=O)N(C)C. The van der Waals surface area contributed by atoms with Crippen LogP contribution in [0.3, 0.4) is 0 Å². The minimum atomic E-state index is -0.602. The first-order valence-electron chi connectivity index (χ1n) is 5.49. The second-order valence-corrected chi connectivity index (χ2v) is 4.32. The summed E-state index contributed by atoms with van der Waals surface area (Å²) >= 11 is 0. The average molecular weight is 250 g/mol. The normalized spacial score (nSPS) is 11.7. The van der Waals surface area contributed by atoms with Gasteiger partial charge in [0, 0.05) is 31.0 Å². The highest BCUT2D eigenvalue weighted by atomic mass is 16.2. The highest BCUT2D eigenvalue weighted by Gasteiger charge is 2.18. The lowest BCUT2D eigenvalue weighted by atomic mass is 10.1. The van der Waals surface area contributed by atoms with Gasteiger partial charge in [0.05, 0.1) is 0 Å². The van der Waals surface area contributed by atoms with Crippen LogP contribution < -0.4 is 16.8 Å². The van der Waals surface area contributed by atoms with Crippen LogP contribution in [0, 0.1) is 0 Å². The molecule has 0 saturated heterocycles. The molecule has 98 valence electrons. The molecule has 6 heteroatoms. The fourth-order valence-corrected chi connectivity index (χ4v) is 1.54. The first-order valence-corrected chi connectivity index (χ1v) is 5.49. The molecule has 1 unspecified atom stereocenters. The summed E-state index contributed by atoms with van der Waals surface area (Å²) in [5.41, 5.74) is 12.4. The molecule has 1 aromatic carbocycles. The summed E-state index contributed by atoms with van der Waals surface area (Å²) in [5, 5.41) is 2.59. The average Bonchev–Trinajstić information content (AvgIpc) is 2.26. The molecule has 2 amide bonds. The Balaban J connectivity index is 2.79. The number of anilines is 2. The number of rotatable bonds is 3. The summed E-state index contributed by atoms with van der Waals surface area (Å²) in [4.78, 5) is 24.9. The molecule has 0 radical (unpaired) electrons. The zero-order chi connectivity index (χ0) is 13.9. The predicted octanol–water partition coefficient (Wildman–Crippen LogP) is 0.0575. The van der Waals surface area contributed by atoms with Gasteiger partial charge in [-0.2, -0.15) is 0 Å². The lowest BCUT2D eigenvalue weighted by molar-refractivity contribution is -0.130. The summed E-state index contributed by atoms with van der Waals surface area (Å²) in [5.74, 6) is -0.558. The first kappa shape index (κ1) is 13.8. The number of likely N-dealkylation sites (N-methyl/N-ethyl adjacent to an activating group) is 1. The van der Waals surface area contributed by atoms with E-state index in [-0.39, 0.29) is 11.8 Å². The number of benzene rings is 1. The van der Waals surface area contributed by atoms with E-state index in [1.54, 1.807) is 27.1 Å². The summed E-state index contributed by atoms with van der Waals surface area (Å²) in [6, 6.07) is 3.98. The Hall–Kier alpha value is -2.24. The van der Waals surface area contributed by atoms with Crippen LogP contribution in [0.5, 0.6) is 0 Å². The molecule has 0 aliphatic heterocycles. The molecule has 6 nitrogen and oxygen atoms in total. The number of amides is 2. The molecule has 0 aromatic heterocycles. The van der Waals surface area contributed by atoms with Crippen molar-refractivity contribution < 1.29 is 9.59 Å². The first-order chi connectivity index (χ1) is 8.31. The standard InChI is InChI=1S/C12H18N4O2/c1-7(12(18)16(2)3)15-11(17)8-4-9(13)6-10(14)5-8/h4-7H,13-14H2,1-3H3,(H,15,17). The van der Waals surface area contributed by atoms with Crippen LogP contribution in [0.15, 0.2) is 18.2 Å². The summed E-state index contributed by atoms with van der Waals surface area (Å²) in [6.45, 7) is 1.62. The minimum Gasteiger partial charge on any atom is -0.399 e. The number of carbonyl (C=O) groups excluding carboxylic acids is 2. The van der Waals surface area contributed by atoms with Crippen molar-refractivity contribution in [3.63, 3.8) is 0 Å². The van der Waals surface area contributed by atoms with Gasteiger partial charge in [-0.1, -0.05) is 0 Å². The number of carbonyl (C=O) groups is 2. The lowest BCUT2D eigenvalue weighted by Crippen LogP contribution is -2.44. The molecule has 0 aliphatic rings. The highest BCUT2D eigenvalue weighted by molar-refractivity contribution is 5.98. The highest BCUT2D eigenvalue weighted by Crippen LogP contribution is 2.13.